The minimum absolute atomic E-state index is 0. The SMILES string of the molecule is Cc1cccc(F)c1C1CCNC1.Cl. The first-order valence-corrected chi connectivity index (χ1v) is 4.75. The van der Waals surface area contributed by atoms with Gasteiger partial charge >= 0.3 is 0 Å². The first kappa shape index (κ1) is 11.5. The summed E-state index contributed by atoms with van der Waals surface area (Å²) in [4.78, 5) is 0. The molecule has 1 N–H and O–H groups in total. The number of rotatable bonds is 1. The van der Waals surface area contributed by atoms with E-state index in [1.165, 1.54) is 0 Å². The summed E-state index contributed by atoms with van der Waals surface area (Å²) in [5, 5.41) is 3.26. The van der Waals surface area contributed by atoms with E-state index in [1.807, 2.05) is 13.0 Å². The summed E-state index contributed by atoms with van der Waals surface area (Å²) in [6, 6.07) is 5.31. The average Bonchev–Trinajstić information content (AvgIpc) is 2.57. The highest BCUT2D eigenvalue weighted by Crippen LogP contribution is 2.27. The van der Waals surface area contributed by atoms with E-state index in [0.29, 0.717) is 5.92 Å². The van der Waals surface area contributed by atoms with Gasteiger partial charge in [-0.1, -0.05) is 12.1 Å². The molecule has 1 fully saturated rings. The molecule has 1 atom stereocenters. The predicted molar refractivity (Wildman–Crippen MR) is 58.6 cm³/mol. The Bertz CT molecular complexity index is 288. The Hall–Kier alpha value is -0.600. The highest BCUT2D eigenvalue weighted by atomic mass is 35.5. The number of nitrogens with one attached hydrogen (secondary N) is 1. The highest BCUT2D eigenvalue weighted by Gasteiger charge is 2.21. The van der Waals surface area contributed by atoms with Crippen LogP contribution in [-0.2, 0) is 0 Å². The van der Waals surface area contributed by atoms with Crippen LogP contribution in [0.2, 0.25) is 0 Å². The summed E-state index contributed by atoms with van der Waals surface area (Å²) >= 11 is 0. The molecule has 0 saturated carbocycles. The summed E-state index contributed by atoms with van der Waals surface area (Å²) in [5.41, 5.74) is 1.99. The molecule has 1 aliphatic rings. The van der Waals surface area contributed by atoms with Crippen LogP contribution in [0.1, 0.15) is 23.5 Å². The van der Waals surface area contributed by atoms with Crippen LogP contribution in [0.25, 0.3) is 0 Å². The molecule has 1 aromatic rings. The van der Waals surface area contributed by atoms with Gasteiger partial charge in [0.25, 0.3) is 0 Å². The van der Waals surface area contributed by atoms with Crippen molar-refractivity contribution in [1.82, 2.24) is 5.32 Å². The van der Waals surface area contributed by atoms with Crippen molar-refractivity contribution >= 4 is 12.4 Å². The Morgan fingerprint density at radius 2 is 2.21 bits per heavy atom. The maximum absolute atomic E-state index is 13.5. The lowest BCUT2D eigenvalue weighted by atomic mass is 9.94. The largest absolute Gasteiger partial charge is 0.316 e. The fourth-order valence-electron chi connectivity index (χ4n) is 2.06. The molecule has 1 unspecified atom stereocenters. The zero-order valence-electron chi connectivity index (χ0n) is 8.22. The van der Waals surface area contributed by atoms with Gasteiger partial charge in [0.15, 0.2) is 0 Å². The van der Waals surface area contributed by atoms with Gasteiger partial charge in [-0.25, -0.2) is 4.39 Å². The second-order valence-corrected chi connectivity index (χ2v) is 3.66. The van der Waals surface area contributed by atoms with E-state index in [4.69, 9.17) is 0 Å². The molecular formula is C11H15ClFN. The van der Waals surface area contributed by atoms with Gasteiger partial charge in [0, 0.05) is 12.5 Å². The lowest BCUT2D eigenvalue weighted by Crippen LogP contribution is -2.09. The lowest BCUT2D eigenvalue weighted by Gasteiger charge is -2.12. The van der Waals surface area contributed by atoms with Gasteiger partial charge in [-0.15, -0.1) is 12.4 Å². The molecule has 0 amide bonds. The van der Waals surface area contributed by atoms with E-state index in [2.05, 4.69) is 5.32 Å². The summed E-state index contributed by atoms with van der Waals surface area (Å²) < 4.78 is 13.5. The first-order chi connectivity index (χ1) is 6.29. The molecular weight excluding hydrogens is 201 g/mol. The third-order valence-electron chi connectivity index (χ3n) is 2.74. The van der Waals surface area contributed by atoms with E-state index in [1.54, 1.807) is 12.1 Å². The van der Waals surface area contributed by atoms with Gasteiger partial charge in [-0.2, -0.15) is 0 Å². The Morgan fingerprint density at radius 3 is 2.79 bits per heavy atom. The van der Waals surface area contributed by atoms with E-state index in [9.17, 15) is 4.39 Å². The van der Waals surface area contributed by atoms with Crippen LogP contribution in [0.3, 0.4) is 0 Å². The Morgan fingerprint density at radius 1 is 1.43 bits per heavy atom. The Balaban J connectivity index is 0.000000980. The van der Waals surface area contributed by atoms with Crippen molar-refractivity contribution < 1.29 is 4.39 Å². The molecule has 1 saturated heterocycles. The molecule has 1 heterocycles. The summed E-state index contributed by atoms with van der Waals surface area (Å²) in [6.07, 6.45) is 1.06. The molecule has 0 aromatic heterocycles. The Kier molecular flexibility index (Phi) is 3.90. The van der Waals surface area contributed by atoms with E-state index < -0.39 is 0 Å². The van der Waals surface area contributed by atoms with Gasteiger partial charge in [0.2, 0.25) is 0 Å². The fraction of sp³-hybridized carbons (Fsp3) is 0.455. The molecule has 0 bridgehead atoms. The molecule has 1 aromatic carbocycles. The number of benzene rings is 1. The standard InChI is InChI=1S/C11H14FN.ClH/c1-8-3-2-4-10(12)11(8)9-5-6-13-7-9;/h2-4,9,13H,5-7H2,1H3;1H. The van der Waals surface area contributed by atoms with Crippen molar-refractivity contribution in [2.24, 2.45) is 0 Å². The quantitative estimate of drug-likeness (QED) is 0.760. The highest BCUT2D eigenvalue weighted by molar-refractivity contribution is 5.85. The predicted octanol–water partition coefficient (Wildman–Crippen LogP) is 2.63. The van der Waals surface area contributed by atoms with Crippen molar-refractivity contribution in [1.29, 1.82) is 0 Å². The fourth-order valence-corrected chi connectivity index (χ4v) is 2.06. The lowest BCUT2D eigenvalue weighted by molar-refractivity contribution is 0.585. The zero-order chi connectivity index (χ0) is 9.26. The molecule has 78 valence electrons. The van der Waals surface area contributed by atoms with Gasteiger partial charge < -0.3 is 5.32 Å². The monoisotopic (exact) mass is 215 g/mol. The van der Waals surface area contributed by atoms with Gasteiger partial charge in [0.1, 0.15) is 5.82 Å². The topological polar surface area (TPSA) is 12.0 Å². The molecule has 0 radical (unpaired) electrons. The second-order valence-electron chi connectivity index (χ2n) is 3.66. The number of aryl methyl sites for hydroxylation is 1. The van der Waals surface area contributed by atoms with Crippen molar-refractivity contribution in [2.75, 3.05) is 13.1 Å². The van der Waals surface area contributed by atoms with E-state index in [0.717, 1.165) is 30.6 Å². The molecule has 14 heavy (non-hydrogen) atoms. The molecule has 0 aliphatic carbocycles. The van der Waals surface area contributed by atoms with Gasteiger partial charge in [-0.05, 0) is 37.1 Å². The average molecular weight is 216 g/mol. The van der Waals surface area contributed by atoms with Crippen LogP contribution in [0.4, 0.5) is 4.39 Å². The van der Waals surface area contributed by atoms with Gasteiger partial charge in [-0.3, -0.25) is 0 Å². The van der Waals surface area contributed by atoms with Crippen LogP contribution in [0.5, 0.6) is 0 Å². The summed E-state index contributed by atoms with van der Waals surface area (Å²) in [7, 11) is 0. The molecule has 2 rings (SSSR count). The zero-order valence-corrected chi connectivity index (χ0v) is 9.03. The Labute approximate surface area is 90.1 Å². The van der Waals surface area contributed by atoms with Crippen LogP contribution in [0, 0.1) is 12.7 Å². The smallest absolute Gasteiger partial charge is 0.126 e. The molecule has 1 aliphatic heterocycles. The summed E-state index contributed by atoms with van der Waals surface area (Å²) in [5.74, 6) is 0.329. The first-order valence-electron chi connectivity index (χ1n) is 4.75. The minimum atomic E-state index is -0.0475. The van der Waals surface area contributed by atoms with Crippen LogP contribution in [0.15, 0.2) is 18.2 Å². The third-order valence-corrected chi connectivity index (χ3v) is 2.74. The third kappa shape index (κ3) is 2.07. The number of hydrogen-bond acceptors (Lipinski definition) is 1. The van der Waals surface area contributed by atoms with Crippen LogP contribution in [-0.4, -0.2) is 13.1 Å². The van der Waals surface area contributed by atoms with Crippen LogP contribution >= 0.6 is 12.4 Å². The van der Waals surface area contributed by atoms with E-state index in [-0.39, 0.29) is 18.2 Å². The maximum Gasteiger partial charge on any atom is 0.126 e. The number of halogens is 2. The van der Waals surface area contributed by atoms with Crippen molar-refractivity contribution in [3.63, 3.8) is 0 Å². The molecule has 1 nitrogen and oxygen atoms in total. The van der Waals surface area contributed by atoms with Crippen molar-refractivity contribution in [3.05, 3.63) is 35.1 Å². The van der Waals surface area contributed by atoms with Crippen LogP contribution < -0.4 is 5.32 Å². The molecule has 3 heteroatoms. The second kappa shape index (κ2) is 4.76. The normalized spacial score (nSPS) is 20.6. The maximum atomic E-state index is 13.5. The van der Waals surface area contributed by atoms with Crippen molar-refractivity contribution in [2.45, 2.75) is 19.3 Å². The molecule has 0 spiro atoms. The minimum Gasteiger partial charge on any atom is -0.316 e. The van der Waals surface area contributed by atoms with Gasteiger partial charge in [0.05, 0.1) is 0 Å². The summed E-state index contributed by atoms with van der Waals surface area (Å²) in [6.45, 7) is 3.91. The van der Waals surface area contributed by atoms with Crippen molar-refractivity contribution in [3.8, 4) is 0 Å². The number of hydrogen-bond donors (Lipinski definition) is 1. The van der Waals surface area contributed by atoms with E-state index >= 15 is 0 Å².